The quantitative estimate of drug-likeness (QED) is 0.587. The third-order valence-corrected chi connectivity index (χ3v) is 3.03. The molecule has 0 saturated carbocycles. The van der Waals surface area contributed by atoms with E-state index in [0.717, 1.165) is 39.1 Å². The van der Waals surface area contributed by atoms with Crippen LogP contribution in [0.3, 0.4) is 0 Å². The lowest BCUT2D eigenvalue weighted by atomic mass is 10.1. The SMILES string of the molecule is COC1CCN(CCOCCOCCO)CC1. The first-order chi connectivity index (χ1) is 8.36. The normalized spacial score (nSPS) is 18.7. The third kappa shape index (κ3) is 6.95. The standard InChI is InChI=1S/C12H25NO4/c1-15-12-2-4-13(5-3-12)6-8-16-10-11-17-9-7-14/h12,14H,2-11H2,1H3. The second-order valence-corrected chi connectivity index (χ2v) is 4.23. The van der Waals surface area contributed by atoms with Crippen LogP contribution in [0, 0.1) is 0 Å². The fourth-order valence-electron chi connectivity index (χ4n) is 1.95. The Bertz CT molecular complexity index is 172. The molecule has 1 fully saturated rings. The second kappa shape index (κ2) is 9.79. The molecular weight excluding hydrogens is 222 g/mol. The molecule has 102 valence electrons. The number of ether oxygens (including phenoxy) is 3. The van der Waals surface area contributed by atoms with Crippen LogP contribution in [0.25, 0.3) is 0 Å². The summed E-state index contributed by atoms with van der Waals surface area (Å²) in [6.07, 6.45) is 2.69. The number of methoxy groups -OCH3 is 1. The van der Waals surface area contributed by atoms with Crippen molar-refractivity contribution in [3.8, 4) is 0 Å². The van der Waals surface area contributed by atoms with Crippen molar-refractivity contribution in [3.05, 3.63) is 0 Å². The van der Waals surface area contributed by atoms with Crippen molar-refractivity contribution in [2.45, 2.75) is 18.9 Å². The van der Waals surface area contributed by atoms with Crippen molar-refractivity contribution in [2.75, 3.05) is 59.8 Å². The summed E-state index contributed by atoms with van der Waals surface area (Å²) in [5.41, 5.74) is 0. The highest BCUT2D eigenvalue weighted by Gasteiger charge is 2.17. The van der Waals surface area contributed by atoms with Crippen LogP contribution in [0.4, 0.5) is 0 Å². The number of aliphatic hydroxyl groups excluding tert-OH is 1. The Balaban J connectivity index is 1.87. The summed E-state index contributed by atoms with van der Waals surface area (Å²) in [7, 11) is 1.79. The molecule has 0 aromatic carbocycles. The van der Waals surface area contributed by atoms with Gasteiger partial charge in [-0.1, -0.05) is 0 Å². The molecule has 1 saturated heterocycles. The van der Waals surface area contributed by atoms with Crippen LogP contribution in [-0.2, 0) is 14.2 Å². The number of likely N-dealkylation sites (tertiary alicyclic amines) is 1. The monoisotopic (exact) mass is 247 g/mol. The van der Waals surface area contributed by atoms with E-state index in [9.17, 15) is 0 Å². The van der Waals surface area contributed by atoms with Crippen molar-refractivity contribution < 1.29 is 19.3 Å². The lowest BCUT2D eigenvalue weighted by Gasteiger charge is -2.30. The summed E-state index contributed by atoms with van der Waals surface area (Å²) in [5.74, 6) is 0. The summed E-state index contributed by atoms with van der Waals surface area (Å²) >= 11 is 0. The minimum atomic E-state index is 0.0778. The number of rotatable bonds is 9. The molecule has 0 bridgehead atoms. The minimum Gasteiger partial charge on any atom is -0.394 e. The van der Waals surface area contributed by atoms with Crippen LogP contribution >= 0.6 is 0 Å². The minimum absolute atomic E-state index is 0.0778. The molecular formula is C12H25NO4. The summed E-state index contributed by atoms with van der Waals surface area (Å²) in [5, 5.41) is 8.50. The predicted octanol–water partition coefficient (Wildman–Crippen LogP) is 0.123. The van der Waals surface area contributed by atoms with Crippen LogP contribution in [0.1, 0.15) is 12.8 Å². The highest BCUT2D eigenvalue weighted by Crippen LogP contribution is 2.11. The van der Waals surface area contributed by atoms with Gasteiger partial charge in [0.2, 0.25) is 0 Å². The smallest absolute Gasteiger partial charge is 0.0701 e. The van der Waals surface area contributed by atoms with Gasteiger partial charge in [-0.3, -0.25) is 0 Å². The van der Waals surface area contributed by atoms with E-state index in [1.807, 2.05) is 0 Å². The fraction of sp³-hybridized carbons (Fsp3) is 1.00. The van der Waals surface area contributed by atoms with Crippen LogP contribution in [0.15, 0.2) is 0 Å². The van der Waals surface area contributed by atoms with Gasteiger partial charge in [0, 0.05) is 26.7 Å². The average molecular weight is 247 g/mol. The maximum atomic E-state index is 8.50. The molecule has 0 unspecified atom stereocenters. The van der Waals surface area contributed by atoms with E-state index in [4.69, 9.17) is 19.3 Å². The predicted molar refractivity (Wildman–Crippen MR) is 65.2 cm³/mol. The van der Waals surface area contributed by atoms with Gasteiger partial charge in [0.05, 0.1) is 39.1 Å². The second-order valence-electron chi connectivity index (χ2n) is 4.23. The highest BCUT2D eigenvalue weighted by atomic mass is 16.5. The van der Waals surface area contributed by atoms with Crippen molar-refractivity contribution in [3.63, 3.8) is 0 Å². The van der Waals surface area contributed by atoms with Gasteiger partial charge in [-0.05, 0) is 12.8 Å². The van der Waals surface area contributed by atoms with Crippen LogP contribution in [0.2, 0.25) is 0 Å². The van der Waals surface area contributed by atoms with E-state index in [2.05, 4.69) is 4.90 Å². The summed E-state index contributed by atoms with van der Waals surface area (Å²) in [4.78, 5) is 2.41. The molecule has 1 rings (SSSR count). The van der Waals surface area contributed by atoms with E-state index in [0.29, 0.717) is 25.9 Å². The van der Waals surface area contributed by atoms with Gasteiger partial charge in [-0.25, -0.2) is 0 Å². The van der Waals surface area contributed by atoms with Crippen molar-refractivity contribution >= 4 is 0 Å². The molecule has 1 N–H and O–H groups in total. The Morgan fingerprint density at radius 3 is 2.29 bits per heavy atom. The molecule has 1 aliphatic rings. The first kappa shape index (κ1) is 14.9. The Kier molecular flexibility index (Phi) is 8.56. The molecule has 17 heavy (non-hydrogen) atoms. The Labute approximate surface area is 104 Å². The maximum Gasteiger partial charge on any atom is 0.0701 e. The first-order valence-corrected chi connectivity index (χ1v) is 6.38. The van der Waals surface area contributed by atoms with Gasteiger partial charge >= 0.3 is 0 Å². The average Bonchev–Trinajstić information content (AvgIpc) is 2.38. The molecule has 0 spiro atoms. The zero-order valence-electron chi connectivity index (χ0n) is 10.8. The lowest BCUT2D eigenvalue weighted by Crippen LogP contribution is -2.38. The molecule has 5 heteroatoms. The molecule has 1 heterocycles. The van der Waals surface area contributed by atoms with Crippen LogP contribution in [0.5, 0.6) is 0 Å². The van der Waals surface area contributed by atoms with E-state index >= 15 is 0 Å². The summed E-state index contributed by atoms with van der Waals surface area (Å²) < 4.78 is 15.9. The van der Waals surface area contributed by atoms with Gasteiger partial charge in [0.1, 0.15) is 0 Å². The van der Waals surface area contributed by atoms with Crippen molar-refractivity contribution in [1.29, 1.82) is 0 Å². The van der Waals surface area contributed by atoms with Crippen molar-refractivity contribution in [1.82, 2.24) is 4.90 Å². The third-order valence-electron chi connectivity index (χ3n) is 3.03. The van der Waals surface area contributed by atoms with Gasteiger partial charge in [-0.15, -0.1) is 0 Å². The molecule has 0 aromatic heterocycles. The van der Waals surface area contributed by atoms with Gasteiger partial charge in [-0.2, -0.15) is 0 Å². The molecule has 1 aliphatic heterocycles. The summed E-state index contributed by atoms with van der Waals surface area (Å²) in [6.45, 7) is 5.57. The Hall–Kier alpha value is -0.200. The van der Waals surface area contributed by atoms with E-state index < -0.39 is 0 Å². The topological polar surface area (TPSA) is 51.2 Å². The Morgan fingerprint density at radius 1 is 1.06 bits per heavy atom. The zero-order chi connectivity index (χ0) is 12.3. The molecule has 0 aromatic rings. The molecule has 0 atom stereocenters. The number of hydrogen-bond acceptors (Lipinski definition) is 5. The van der Waals surface area contributed by atoms with E-state index in [1.54, 1.807) is 7.11 Å². The molecule has 5 nitrogen and oxygen atoms in total. The highest BCUT2D eigenvalue weighted by molar-refractivity contribution is 4.71. The molecule has 0 radical (unpaired) electrons. The van der Waals surface area contributed by atoms with Gasteiger partial charge in [0.25, 0.3) is 0 Å². The number of aliphatic hydroxyl groups is 1. The molecule has 0 aliphatic carbocycles. The number of piperidine rings is 1. The lowest BCUT2D eigenvalue weighted by molar-refractivity contribution is 0.0112. The summed E-state index contributed by atoms with van der Waals surface area (Å²) in [6, 6.07) is 0. The van der Waals surface area contributed by atoms with E-state index in [1.165, 1.54) is 0 Å². The van der Waals surface area contributed by atoms with Crippen LogP contribution in [-0.4, -0.2) is 75.9 Å². The van der Waals surface area contributed by atoms with Gasteiger partial charge < -0.3 is 24.2 Å². The first-order valence-electron chi connectivity index (χ1n) is 6.38. The van der Waals surface area contributed by atoms with Crippen molar-refractivity contribution in [2.24, 2.45) is 0 Å². The number of nitrogens with zero attached hydrogens (tertiary/aromatic N) is 1. The number of hydrogen-bond donors (Lipinski definition) is 1. The zero-order valence-corrected chi connectivity index (χ0v) is 10.8. The van der Waals surface area contributed by atoms with E-state index in [-0.39, 0.29) is 6.61 Å². The largest absolute Gasteiger partial charge is 0.394 e. The van der Waals surface area contributed by atoms with Gasteiger partial charge in [0.15, 0.2) is 0 Å². The molecule has 0 amide bonds. The van der Waals surface area contributed by atoms with Crippen LogP contribution < -0.4 is 0 Å². The maximum absolute atomic E-state index is 8.50. The fourth-order valence-corrected chi connectivity index (χ4v) is 1.95. The Morgan fingerprint density at radius 2 is 1.71 bits per heavy atom.